The molecule has 1 heterocycles. The summed E-state index contributed by atoms with van der Waals surface area (Å²) in [5.74, 6) is 1.83. The van der Waals surface area contributed by atoms with Crippen molar-refractivity contribution in [1.82, 2.24) is 0 Å². The van der Waals surface area contributed by atoms with Crippen molar-refractivity contribution in [1.29, 1.82) is 0 Å². The molecular formula is C13H13O2P. The van der Waals surface area contributed by atoms with Gasteiger partial charge < -0.3 is 9.05 Å². The molecule has 0 fully saturated rings. The Morgan fingerprint density at radius 3 is 2.94 bits per heavy atom. The van der Waals surface area contributed by atoms with Crippen LogP contribution in [0.2, 0.25) is 0 Å². The zero-order chi connectivity index (χ0) is 11.2. The summed E-state index contributed by atoms with van der Waals surface area (Å²) in [4.78, 5) is 0. The molecule has 0 amide bonds. The van der Waals surface area contributed by atoms with Crippen LogP contribution < -0.4 is 4.52 Å². The van der Waals surface area contributed by atoms with Crippen molar-refractivity contribution in [2.45, 2.75) is 6.42 Å². The van der Waals surface area contributed by atoms with E-state index in [1.165, 1.54) is 0 Å². The highest BCUT2D eigenvalue weighted by Crippen LogP contribution is 2.34. The van der Waals surface area contributed by atoms with Gasteiger partial charge in [0.2, 0.25) is 0 Å². The number of hydrogen-bond acceptors (Lipinski definition) is 2. The van der Waals surface area contributed by atoms with Gasteiger partial charge in [-0.2, -0.15) is 0 Å². The molecule has 0 aromatic heterocycles. The van der Waals surface area contributed by atoms with Crippen molar-refractivity contribution in [2.75, 3.05) is 0 Å². The molecular weight excluding hydrogens is 219 g/mol. The Bertz CT molecular complexity index is 435. The molecule has 0 radical (unpaired) electrons. The van der Waals surface area contributed by atoms with Gasteiger partial charge in [0.1, 0.15) is 11.5 Å². The van der Waals surface area contributed by atoms with Gasteiger partial charge in [0, 0.05) is 12.0 Å². The minimum atomic E-state index is 0.0260. The second-order valence-corrected chi connectivity index (χ2v) is 3.90. The van der Waals surface area contributed by atoms with Crippen LogP contribution in [0.5, 0.6) is 5.75 Å². The third kappa shape index (κ3) is 2.74. The van der Waals surface area contributed by atoms with Crippen molar-refractivity contribution in [2.24, 2.45) is 0 Å². The van der Waals surface area contributed by atoms with E-state index in [0.29, 0.717) is 0 Å². The molecule has 1 aromatic rings. The van der Waals surface area contributed by atoms with Gasteiger partial charge in [-0.05, 0) is 12.1 Å². The van der Waals surface area contributed by atoms with Crippen LogP contribution >= 0.6 is 9.03 Å². The third-order valence-electron chi connectivity index (χ3n) is 2.19. The zero-order valence-corrected chi connectivity index (χ0v) is 9.85. The third-order valence-corrected chi connectivity index (χ3v) is 2.84. The van der Waals surface area contributed by atoms with Crippen LogP contribution in [0.15, 0.2) is 60.9 Å². The van der Waals surface area contributed by atoms with E-state index in [1.54, 1.807) is 6.08 Å². The maximum Gasteiger partial charge on any atom is 0.275 e. The van der Waals surface area contributed by atoms with E-state index in [-0.39, 0.29) is 9.03 Å². The van der Waals surface area contributed by atoms with Crippen molar-refractivity contribution in [3.05, 3.63) is 66.5 Å². The van der Waals surface area contributed by atoms with Crippen molar-refractivity contribution in [3.8, 4) is 5.75 Å². The van der Waals surface area contributed by atoms with E-state index >= 15 is 0 Å². The first-order valence-electron chi connectivity index (χ1n) is 5.05. The van der Waals surface area contributed by atoms with E-state index in [9.17, 15) is 0 Å². The van der Waals surface area contributed by atoms with Crippen molar-refractivity contribution in [3.63, 3.8) is 0 Å². The van der Waals surface area contributed by atoms with E-state index in [2.05, 4.69) is 12.6 Å². The maximum atomic E-state index is 5.51. The van der Waals surface area contributed by atoms with E-state index in [0.717, 1.165) is 23.5 Å². The van der Waals surface area contributed by atoms with Crippen LogP contribution in [0.1, 0.15) is 5.56 Å². The molecule has 1 unspecified atom stereocenters. The molecule has 0 saturated carbocycles. The second-order valence-electron chi connectivity index (χ2n) is 3.33. The molecule has 0 spiro atoms. The lowest BCUT2D eigenvalue weighted by Gasteiger charge is -2.01. The van der Waals surface area contributed by atoms with Gasteiger partial charge in [-0.1, -0.05) is 43.0 Å². The van der Waals surface area contributed by atoms with Crippen LogP contribution in [0.3, 0.4) is 0 Å². The topological polar surface area (TPSA) is 18.5 Å². The van der Waals surface area contributed by atoms with Crippen molar-refractivity contribution >= 4 is 9.03 Å². The van der Waals surface area contributed by atoms with Crippen molar-refractivity contribution < 1.29 is 9.05 Å². The summed E-state index contributed by atoms with van der Waals surface area (Å²) >= 11 is 0. The molecule has 1 aliphatic rings. The normalized spacial score (nSPS) is 18.9. The molecule has 1 aliphatic heterocycles. The Morgan fingerprint density at radius 1 is 1.19 bits per heavy atom. The van der Waals surface area contributed by atoms with Crippen LogP contribution in [-0.2, 0) is 10.9 Å². The molecule has 82 valence electrons. The number of benzene rings is 1. The number of hydrogen-bond donors (Lipinski definition) is 0. The van der Waals surface area contributed by atoms with Crippen LogP contribution in [0.4, 0.5) is 0 Å². The van der Waals surface area contributed by atoms with E-state index < -0.39 is 0 Å². The first-order valence-corrected chi connectivity index (χ1v) is 5.86. The largest absolute Gasteiger partial charge is 0.445 e. The Hall–Kier alpha value is -1.53. The van der Waals surface area contributed by atoms with Gasteiger partial charge in [-0.3, -0.25) is 0 Å². The Kier molecular flexibility index (Phi) is 3.79. The molecule has 16 heavy (non-hydrogen) atoms. The lowest BCUT2D eigenvalue weighted by Crippen LogP contribution is -1.88. The van der Waals surface area contributed by atoms with Crippen LogP contribution in [0.25, 0.3) is 0 Å². The number of para-hydroxylation sites is 1. The molecule has 0 bridgehead atoms. The highest BCUT2D eigenvalue weighted by molar-refractivity contribution is 7.26. The number of fused-ring (bicyclic) bond motifs is 1. The number of allylic oxidation sites excluding steroid dienone is 5. The Labute approximate surface area is 97.2 Å². The number of rotatable bonds is 2. The smallest absolute Gasteiger partial charge is 0.275 e. The van der Waals surface area contributed by atoms with Crippen LogP contribution in [0, 0.1) is 0 Å². The molecule has 1 aromatic carbocycles. The van der Waals surface area contributed by atoms with Crippen LogP contribution in [-0.4, -0.2) is 0 Å². The molecule has 0 aliphatic carbocycles. The summed E-state index contributed by atoms with van der Waals surface area (Å²) in [5.41, 5.74) is 1.16. The summed E-state index contributed by atoms with van der Waals surface area (Å²) in [5, 5.41) is 0. The monoisotopic (exact) mass is 232 g/mol. The molecule has 3 heteroatoms. The van der Waals surface area contributed by atoms with Gasteiger partial charge >= 0.3 is 0 Å². The standard InChI is InChI=1S/C13H13O2P/c1-2-3-4-8-12-10-11-7-5-6-9-13(11)15-16-14-12/h2-9,16H,1,10H2/b4-3-,12-8+. The Morgan fingerprint density at radius 2 is 2.06 bits per heavy atom. The summed E-state index contributed by atoms with van der Waals surface area (Å²) in [7, 11) is 0.0260. The highest BCUT2D eigenvalue weighted by atomic mass is 31.1. The van der Waals surface area contributed by atoms with Gasteiger partial charge in [-0.25, -0.2) is 0 Å². The summed E-state index contributed by atoms with van der Waals surface area (Å²) in [6, 6.07) is 8.00. The first-order chi connectivity index (χ1) is 7.90. The van der Waals surface area contributed by atoms with Gasteiger partial charge in [0.05, 0.1) is 0 Å². The molecule has 2 nitrogen and oxygen atoms in total. The minimum absolute atomic E-state index is 0.0260. The Balaban J connectivity index is 2.19. The summed E-state index contributed by atoms with van der Waals surface area (Å²) < 4.78 is 11.0. The predicted octanol–water partition coefficient (Wildman–Crippen LogP) is 3.77. The highest BCUT2D eigenvalue weighted by Gasteiger charge is 2.11. The maximum absolute atomic E-state index is 5.51. The fourth-order valence-electron chi connectivity index (χ4n) is 1.43. The van der Waals surface area contributed by atoms with Gasteiger partial charge in [0.15, 0.2) is 0 Å². The predicted molar refractivity (Wildman–Crippen MR) is 67.6 cm³/mol. The first kappa shape index (κ1) is 11.0. The molecule has 2 rings (SSSR count). The lowest BCUT2D eigenvalue weighted by molar-refractivity contribution is 0.431. The van der Waals surface area contributed by atoms with E-state index in [4.69, 9.17) is 9.05 Å². The van der Waals surface area contributed by atoms with Gasteiger partial charge in [-0.15, -0.1) is 0 Å². The lowest BCUT2D eigenvalue weighted by atomic mass is 10.1. The fourth-order valence-corrected chi connectivity index (χ4v) is 2.00. The SMILES string of the molecule is C=C/C=C\C=C1/Cc2ccccc2OPO1. The summed E-state index contributed by atoms with van der Waals surface area (Å²) in [6.45, 7) is 3.62. The van der Waals surface area contributed by atoms with Gasteiger partial charge in [0.25, 0.3) is 9.03 Å². The quantitative estimate of drug-likeness (QED) is 0.570. The molecule has 0 saturated heterocycles. The summed E-state index contributed by atoms with van der Waals surface area (Å²) in [6.07, 6.45) is 8.24. The zero-order valence-electron chi connectivity index (χ0n) is 8.85. The van der Waals surface area contributed by atoms with E-state index in [1.807, 2.05) is 36.4 Å². The molecule has 1 atom stereocenters. The fraction of sp³-hybridized carbons (Fsp3) is 0.0769. The average Bonchev–Trinajstić information content (AvgIpc) is 2.51. The average molecular weight is 232 g/mol. The second kappa shape index (κ2) is 5.53. The molecule has 0 N–H and O–H groups in total. The minimum Gasteiger partial charge on any atom is -0.445 e.